The molecule has 1 aromatic carbocycles. The molecule has 0 spiro atoms. The average Bonchev–Trinajstić information content (AvgIpc) is 2.82. The monoisotopic (exact) mass is 238 g/mol. The fourth-order valence-electron chi connectivity index (χ4n) is 1.34. The van der Waals surface area contributed by atoms with E-state index in [1.54, 1.807) is 12.1 Å². The van der Waals surface area contributed by atoms with Crippen molar-refractivity contribution in [2.75, 3.05) is 13.3 Å². The Bertz CT molecular complexity index is 460. The van der Waals surface area contributed by atoms with Gasteiger partial charge in [0, 0.05) is 5.56 Å². The lowest BCUT2D eigenvalue weighted by Gasteiger charge is -2.04. The van der Waals surface area contributed by atoms with Gasteiger partial charge in [-0.1, -0.05) is 0 Å². The summed E-state index contributed by atoms with van der Waals surface area (Å²) in [5.74, 6) is -0.0649. The molecule has 1 aliphatic heterocycles. The Labute approximate surface area is 96.3 Å². The number of hydroxylamine groups is 1. The van der Waals surface area contributed by atoms with Gasteiger partial charge in [-0.3, -0.25) is 14.8 Å². The third-order valence-electron chi connectivity index (χ3n) is 2.17. The van der Waals surface area contributed by atoms with Gasteiger partial charge in [0.1, 0.15) is 0 Å². The summed E-state index contributed by atoms with van der Waals surface area (Å²) >= 11 is 0. The molecule has 3 N–H and O–H groups in total. The minimum atomic E-state index is -0.695. The van der Waals surface area contributed by atoms with E-state index in [0.29, 0.717) is 17.1 Å². The highest BCUT2D eigenvalue weighted by Crippen LogP contribution is 2.32. The van der Waals surface area contributed by atoms with Crippen molar-refractivity contribution in [3.05, 3.63) is 23.8 Å². The molecule has 2 amide bonds. The normalized spacial score (nSPS) is 12.1. The first kappa shape index (κ1) is 11.2. The smallest absolute Gasteiger partial charge is 0.262 e. The Kier molecular flexibility index (Phi) is 3.10. The summed E-state index contributed by atoms with van der Waals surface area (Å²) in [5, 5.41) is 10.6. The van der Waals surface area contributed by atoms with Crippen molar-refractivity contribution in [3.8, 4) is 11.5 Å². The van der Waals surface area contributed by atoms with Crippen molar-refractivity contribution in [1.29, 1.82) is 0 Å². The predicted molar refractivity (Wildman–Crippen MR) is 54.8 cm³/mol. The second-order valence-corrected chi connectivity index (χ2v) is 3.29. The molecule has 0 aliphatic carbocycles. The maximum Gasteiger partial charge on any atom is 0.262 e. The molecule has 0 fully saturated rings. The van der Waals surface area contributed by atoms with Gasteiger partial charge in [-0.2, -0.15) is 0 Å². The number of nitrogens with one attached hydrogen (secondary N) is 2. The first-order valence-corrected chi connectivity index (χ1v) is 4.81. The number of carbonyl (C=O) groups excluding carboxylic acids is 2. The molecule has 0 unspecified atom stereocenters. The fourth-order valence-corrected chi connectivity index (χ4v) is 1.34. The molecule has 0 aromatic heterocycles. The maximum absolute atomic E-state index is 11.6. The van der Waals surface area contributed by atoms with Crippen LogP contribution in [0.1, 0.15) is 10.4 Å². The van der Waals surface area contributed by atoms with Crippen LogP contribution < -0.4 is 20.3 Å². The second-order valence-electron chi connectivity index (χ2n) is 3.29. The number of benzene rings is 1. The summed E-state index contributed by atoms with van der Waals surface area (Å²) in [5.41, 5.74) is 1.76. The van der Waals surface area contributed by atoms with E-state index in [0.717, 1.165) is 0 Å². The van der Waals surface area contributed by atoms with E-state index in [1.165, 1.54) is 11.5 Å². The van der Waals surface area contributed by atoms with Crippen LogP contribution in [0.3, 0.4) is 0 Å². The van der Waals surface area contributed by atoms with Crippen LogP contribution in [0.25, 0.3) is 0 Å². The van der Waals surface area contributed by atoms with Crippen molar-refractivity contribution < 1.29 is 24.3 Å². The number of carbonyl (C=O) groups is 2. The quantitative estimate of drug-likeness (QED) is 0.494. The molecule has 0 atom stereocenters. The number of fused-ring (bicyclic) bond motifs is 1. The van der Waals surface area contributed by atoms with Gasteiger partial charge in [-0.05, 0) is 18.2 Å². The molecule has 1 aromatic rings. The highest BCUT2D eigenvalue weighted by atomic mass is 16.7. The summed E-state index contributed by atoms with van der Waals surface area (Å²) in [4.78, 5) is 22.3. The van der Waals surface area contributed by atoms with Gasteiger partial charge in [-0.15, -0.1) is 0 Å². The summed E-state index contributed by atoms with van der Waals surface area (Å²) < 4.78 is 10.2. The molecule has 1 heterocycles. The van der Waals surface area contributed by atoms with Crippen molar-refractivity contribution >= 4 is 11.8 Å². The van der Waals surface area contributed by atoms with E-state index < -0.39 is 11.8 Å². The van der Waals surface area contributed by atoms with Crippen LogP contribution >= 0.6 is 0 Å². The topological polar surface area (TPSA) is 96.9 Å². The Morgan fingerprint density at radius 1 is 1.29 bits per heavy atom. The third-order valence-corrected chi connectivity index (χ3v) is 2.17. The molecule has 1 aliphatic rings. The lowest BCUT2D eigenvalue weighted by Crippen LogP contribution is -2.35. The van der Waals surface area contributed by atoms with Crippen molar-refractivity contribution in [3.63, 3.8) is 0 Å². The average molecular weight is 238 g/mol. The third kappa shape index (κ3) is 2.45. The van der Waals surface area contributed by atoms with E-state index in [1.807, 2.05) is 0 Å². The standard InChI is InChI=1S/C10H10N2O5/c13-9(12-15)4-11-10(14)6-1-2-7-8(3-6)17-5-16-7/h1-3,15H,4-5H2,(H,11,14)(H,12,13). The minimum Gasteiger partial charge on any atom is -0.454 e. The number of amides is 2. The SMILES string of the molecule is O=C(CNC(=O)c1ccc2c(c1)OCO2)NO. The van der Waals surface area contributed by atoms with E-state index in [2.05, 4.69) is 5.32 Å². The summed E-state index contributed by atoms with van der Waals surface area (Å²) in [6.45, 7) is -0.170. The van der Waals surface area contributed by atoms with Crippen molar-refractivity contribution in [2.45, 2.75) is 0 Å². The van der Waals surface area contributed by atoms with Crippen LogP contribution in [0, 0.1) is 0 Å². The zero-order chi connectivity index (χ0) is 12.3. The van der Waals surface area contributed by atoms with Gasteiger partial charge in [0.2, 0.25) is 6.79 Å². The molecule has 0 saturated carbocycles. The van der Waals surface area contributed by atoms with Crippen LogP contribution in [-0.4, -0.2) is 30.4 Å². The summed E-state index contributed by atoms with van der Waals surface area (Å²) in [7, 11) is 0. The predicted octanol–water partition coefficient (Wildman–Crippen LogP) is -0.350. The molecule has 2 rings (SSSR count). The van der Waals surface area contributed by atoms with Crippen LogP contribution in [0.4, 0.5) is 0 Å². The largest absolute Gasteiger partial charge is 0.454 e. The van der Waals surface area contributed by atoms with E-state index >= 15 is 0 Å². The van der Waals surface area contributed by atoms with Gasteiger partial charge in [0.15, 0.2) is 11.5 Å². The van der Waals surface area contributed by atoms with Gasteiger partial charge in [-0.25, -0.2) is 5.48 Å². The Morgan fingerprint density at radius 3 is 2.82 bits per heavy atom. The Hall–Kier alpha value is -2.28. The zero-order valence-corrected chi connectivity index (χ0v) is 8.73. The molecule has 0 saturated heterocycles. The number of rotatable bonds is 3. The minimum absolute atomic E-state index is 0.132. The van der Waals surface area contributed by atoms with Gasteiger partial charge in [0.25, 0.3) is 11.8 Å². The number of hydrogen-bond donors (Lipinski definition) is 3. The number of hydrogen-bond acceptors (Lipinski definition) is 5. The Morgan fingerprint density at radius 2 is 2.06 bits per heavy atom. The second kappa shape index (κ2) is 4.71. The summed E-state index contributed by atoms with van der Waals surface area (Å²) in [6, 6.07) is 4.69. The molecular weight excluding hydrogens is 228 g/mol. The summed E-state index contributed by atoms with van der Waals surface area (Å²) in [6.07, 6.45) is 0. The fraction of sp³-hybridized carbons (Fsp3) is 0.200. The van der Waals surface area contributed by atoms with Crippen LogP contribution in [-0.2, 0) is 4.79 Å². The van der Waals surface area contributed by atoms with Gasteiger partial charge in [0.05, 0.1) is 6.54 Å². The molecule has 7 heteroatoms. The lowest BCUT2D eigenvalue weighted by atomic mass is 10.2. The van der Waals surface area contributed by atoms with Crippen LogP contribution in [0.2, 0.25) is 0 Å². The zero-order valence-electron chi connectivity index (χ0n) is 8.73. The highest BCUT2D eigenvalue weighted by Gasteiger charge is 2.16. The molecule has 0 radical (unpaired) electrons. The maximum atomic E-state index is 11.6. The molecular formula is C10H10N2O5. The first-order chi connectivity index (χ1) is 8.20. The van der Waals surface area contributed by atoms with Crippen molar-refractivity contribution in [1.82, 2.24) is 10.8 Å². The van der Waals surface area contributed by atoms with Crippen molar-refractivity contribution in [2.24, 2.45) is 0 Å². The van der Waals surface area contributed by atoms with Crippen LogP contribution in [0.15, 0.2) is 18.2 Å². The van der Waals surface area contributed by atoms with Gasteiger partial charge < -0.3 is 14.8 Å². The molecule has 90 valence electrons. The van der Waals surface area contributed by atoms with Crippen LogP contribution in [0.5, 0.6) is 11.5 Å². The molecule has 0 bridgehead atoms. The van der Waals surface area contributed by atoms with E-state index in [9.17, 15) is 9.59 Å². The highest BCUT2D eigenvalue weighted by molar-refractivity contribution is 5.96. The first-order valence-electron chi connectivity index (χ1n) is 4.81. The number of ether oxygens (including phenoxy) is 2. The Balaban J connectivity index is 2.02. The van der Waals surface area contributed by atoms with E-state index in [4.69, 9.17) is 14.7 Å². The lowest BCUT2D eigenvalue weighted by molar-refractivity contribution is -0.128. The molecule has 17 heavy (non-hydrogen) atoms. The van der Waals surface area contributed by atoms with Gasteiger partial charge >= 0.3 is 0 Å². The molecule has 7 nitrogen and oxygen atoms in total. The van der Waals surface area contributed by atoms with E-state index in [-0.39, 0.29) is 13.3 Å².